The van der Waals surface area contributed by atoms with E-state index in [4.69, 9.17) is 4.52 Å². The maximum absolute atomic E-state index is 12.6. The van der Waals surface area contributed by atoms with Crippen LogP contribution in [0.15, 0.2) is 47.4 Å². The number of nitrogens with zero attached hydrogens (tertiary/aromatic N) is 4. The summed E-state index contributed by atoms with van der Waals surface area (Å²) in [7, 11) is 0. The number of benzene rings is 1. The van der Waals surface area contributed by atoms with E-state index in [-0.39, 0.29) is 5.91 Å². The zero-order chi connectivity index (χ0) is 17.8. The van der Waals surface area contributed by atoms with E-state index in [0.717, 1.165) is 24.2 Å². The summed E-state index contributed by atoms with van der Waals surface area (Å²) in [5, 5.41) is 14.9. The van der Waals surface area contributed by atoms with Crippen molar-refractivity contribution in [2.75, 3.05) is 0 Å². The number of hydrogen-bond acceptors (Lipinski definition) is 5. The standard InChI is InChI=1S/C19H21N5O2/c25-19(16-11-22-26-18(16)14-7-3-1-4-8-14)20-12-17-23-21-13-24(17)15-9-5-2-6-10-15/h1,3-4,7-8,11,13,15H,2,5-6,9-10,12H2,(H,20,25). The average molecular weight is 351 g/mol. The molecule has 0 unspecified atom stereocenters. The van der Waals surface area contributed by atoms with Gasteiger partial charge in [-0.05, 0) is 12.8 Å². The second-order valence-corrected chi connectivity index (χ2v) is 6.56. The van der Waals surface area contributed by atoms with Crippen molar-refractivity contribution < 1.29 is 9.32 Å². The van der Waals surface area contributed by atoms with Gasteiger partial charge in [0, 0.05) is 11.6 Å². The fourth-order valence-corrected chi connectivity index (χ4v) is 3.51. The Morgan fingerprint density at radius 1 is 1.19 bits per heavy atom. The Morgan fingerprint density at radius 3 is 2.81 bits per heavy atom. The lowest BCUT2D eigenvalue weighted by Crippen LogP contribution is -2.26. The van der Waals surface area contributed by atoms with Gasteiger partial charge in [0.2, 0.25) is 0 Å². The van der Waals surface area contributed by atoms with Gasteiger partial charge in [-0.2, -0.15) is 0 Å². The van der Waals surface area contributed by atoms with Crippen molar-refractivity contribution in [3.8, 4) is 11.3 Å². The third-order valence-corrected chi connectivity index (χ3v) is 4.87. The van der Waals surface area contributed by atoms with Crippen molar-refractivity contribution in [1.82, 2.24) is 25.2 Å². The lowest BCUT2D eigenvalue weighted by atomic mass is 9.95. The largest absolute Gasteiger partial charge is 0.355 e. The second kappa shape index (κ2) is 7.51. The first-order chi connectivity index (χ1) is 12.8. The van der Waals surface area contributed by atoms with Gasteiger partial charge in [0.25, 0.3) is 5.91 Å². The second-order valence-electron chi connectivity index (χ2n) is 6.56. The number of carbonyl (C=O) groups is 1. The van der Waals surface area contributed by atoms with Crippen LogP contribution >= 0.6 is 0 Å². The van der Waals surface area contributed by atoms with Crippen molar-refractivity contribution in [3.05, 3.63) is 54.2 Å². The van der Waals surface area contributed by atoms with Gasteiger partial charge < -0.3 is 14.4 Å². The Hall–Kier alpha value is -2.96. The zero-order valence-electron chi connectivity index (χ0n) is 14.5. The number of aromatic nitrogens is 4. The molecule has 0 saturated heterocycles. The maximum Gasteiger partial charge on any atom is 0.257 e. The van der Waals surface area contributed by atoms with Crippen molar-refractivity contribution in [2.24, 2.45) is 0 Å². The Labute approximate surface area is 151 Å². The molecule has 4 rings (SSSR count). The summed E-state index contributed by atoms with van der Waals surface area (Å²) in [4.78, 5) is 12.6. The molecule has 0 aliphatic heterocycles. The molecule has 7 heteroatoms. The molecule has 3 aromatic rings. The summed E-state index contributed by atoms with van der Waals surface area (Å²) in [5.74, 6) is 1.02. The molecular weight excluding hydrogens is 330 g/mol. The van der Waals surface area contributed by atoms with Crippen LogP contribution in [0.3, 0.4) is 0 Å². The van der Waals surface area contributed by atoms with Crippen molar-refractivity contribution in [1.29, 1.82) is 0 Å². The summed E-state index contributed by atoms with van der Waals surface area (Å²) in [6.45, 7) is 0.328. The highest BCUT2D eigenvalue weighted by molar-refractivity contribution is 5.99. The maximum atomic E-state index is 12.6. The van der Waals surface area contributed by atoms with Crippen molar-refractivity contribution in [2.45, 2.75) is 44.7 Å². The summed E-state index contributed by atoms with van der Waals surface area (Å²) >= 11 is 0. The molecule has 1 fully saturated rings. The number of nitrogens with one attached hydrogen (secondary N) is 1. The van der Waals surface area contributed by atoms with Gasteiger partial charge in [0.15, 0.2) is 11.6 Å². The normalized spacial score (nSPS) is 15.1. The molecular formula is C19H21N5O2. The van der Waals surface area contributed by atoms with Gasteiger partial charge in [-0.25, -0.2) is 0 Å². The molecule has 1 amide bonds. The highest BCUT2D eigenvalue weighted by atomic mass is 16.5. The molecule has 2 aromatic heterocycles. The lowest BCUT2D eigenvalue weighted by molar-refractivity contribution is 0.0949. The number of hydrogen-bond donors (Lipinski definition) is 1. The predicted molar refractivity (Wildman–Crippen MR) is 95.3 cm³/mol. The van der Waals surface area contributed by atoms with Crippen LogP contribution in [0.4, 0.5) is 0 Å². The van der Waals surface area contributed by atoms with E-state index in [1.54, 1.807) is 6.33 Å². The number of carbonyl (C=O) groups excluding carboxylic acids is 1. The first-order valence-corrected chi connectivity index (χ1v) is 8.99. The Kier molecular flexibility index (Phi) is 4.77. The van der Waals surface area contributed by atoms with Crippen molar-refractivity contribution >= 4 is 5.91 Å². The van der Waals surface area contributed by atoms with Gasteiger partial charge in [0.05, 0.1) is 12.7 Å². The van der Waals surface area contributed by atoms with E-state index < -0.39 is 0 Å². The van der Waals surface area contributed by atoms with Crippen molar-refractivity contribution in [3.63, 3.8) is 0 Å². The predicted octanol–water partition coefficient (Wildman–Crippen LogP) is 3.37. The molecule has 7 nitrogen and oxygen atoms in total. The van der Waals surface area contributed by atoms with E-state index in [2.05, 4.69) is 25.2 Å². The van der Waals surface area contributed by atoms with E-state index >= 15 is 0 Å². The molecule has 26 heavy (non-hydrogen) atoms. The van der Waals surface area contributed by atoms with Crippen LogP contribution in [0, 0.1) is 0 Å². The SMILES string of the molecule is O=C(NCc1nncn1C1CCCCC1)c1cnoc1-c1ccccc1. The van der Waals surface area contributed by atoms with Crippen LogP contribution in [0.2, 0.25) is 0 Å². The molecule has 0 radical (unpaired) electrons. The topological polar surface area (TPSA) is 85.8 Å². The van der Waals surface area contributed by atoms with Gasteiger partial charge in [0.1, 0.15) is 11.9 Å². The summed E-state index contributed by atoms with van der Waals surface area (Å²) in [5.41, 5.74) is 1.24. The molecule has 1 aliphatic rings. The van der Waals surface area contributed by atoms with Gasteiger partial charge in [-0.15, -0.1) is 10.2 Å². The minimum atomic E-state index is -0.233. The molecule has 134 valence electrons. The first-order valence-electron chi connectivity index (χ1n) is 8.99. The van der Waals surface area contributed by atoms with Gasteiger partial charge in [-0.3, -0.25) is 4.79 Å². The monoisotopic (exact) mass is 351 g/mol. The van der Waals surface area contributed by atoms with Gasteiger partial charge in [-0.1, -0.05) is 54.8 Å². The number of rotatable bonds is 5. The van der Waals surface area contributed by atoms with E-state index in [1.165, 1.54) is 25.5 Å². The summed E-state index contributed by atoms with van der Waals surface area (Å²) in [6, 6.07) is 9.91. The molecule has 2 heterocycles. The minimum Gasteiger partial charge on any atom is -0.355 e. The Morgan fingerprint density at radius 2 is 2.00 bits per heavy atom. The van der Waals surface area contributed by atoms with E-state index in [1.807, 2.05) is 30.3 Å². The highest BCUT2D eigenvalue weighted by Gasteiger charge is 2.21. The van der Waals surface area contributed by atoms with Crippen LogP contribution < -0.4 is 5.32 Å². The number of amides is 1. The molecule has 0 atom stereocenters. The molecule has 1 aromatic carbocycles. The van der Waals surface area contributed by atoms with Crippen LogP contribution in [0.1, 0.15) is 54.3 Å². The smallest absolute Gasteiger partial charge is 0.257 e. The van der Waals surface area contributed by atoms with E-state index in [0.29, 0.717) is 23.9 Å². The zero-order valence-corrected chi connectivity index (χ0v) is 14.5. The Bertz CT molecular complexity index is 865. The fraction of sp³-hybridized carbons (Fsp3) is 0.368. The molecule has 1 aliphatic carbocycles. The molecule has 1 N–H and O–H groups in total. The quantitative estimate of drug-likeness (QED) is 0.762. The fourth-order valence-electron chi connectivity index (χ4n) is 3.51. The molecule has 1 saturated carbocycles. The molecule has 0 bridgehead atoms. The summed E-state index contributed by atoms with van der Waals surface area (Å²) in [6.07, 6.45) is 9.26. The lowest BCUT2D eigenvalue weighted by Gasteiger charge is -2.24. The van der Waals surface area contributed by atoms with Crippen LogP contribution in [0.5, 0.6) is 0 Å². The molecule has 0 spiro atoms. The first kappa shape index (κ1) is 16.5. The highest BCUT2D eigenvalue weighted by Crippen LogP contribution is 2.28. The van der Waals surface area contributed by atoms with Crippen LogP contribution in [-0.2, 0) is 6.54 Å². The van der Waals surface area contributed by atoms with Crippen LogP contribution in [0.25, 0.3) is 11.3 Å². The van der Waals surface area contributed by atoms with E-state index in [9.17, 15) is 4.79 Å². The third-order valence-electron chi connectivity index (χ3n) is 4.87. The van der Waals surface area contributed by atoms with Crippen LogP contribution in [-0.4, -0.2) is 25.8 Å². The Balaban J connectivity index is 1.46. The average Bonchev–Trinajstić information content (AvgIpc) is 3.37. The third kappa shape index (κ3) is 3.37. The minimum absolute atomic E-state index is 0.233. The van der Waals surface area contributed by atoms with Gasteiger partial charge >= 0.3 is 0 Å². The summed E-state index contributed by atoms with van der Waals surface area (Å²) < 4.78 is 7.39.